The highest BCUT2D eigenvalue weighted by molar-refractivity contribution is 5.82. The van der Waals surface area contributed by atoms with E-state index >= 15 is 0 Å². The van der Waals surface area contributed by atoms with Gasteiger partial charge in [0.1, 0.15) is 5.54 Å². The van der Waals surface area contributed by atoms with Gasteiger partial charge in [0.05, 0.1) is 11.6 Å². The Kier molecular flexibility index (Phi) is 4.11. The molecule has 4 nitrogen and oxygen atoms in total. The fourth-order valence-electron chi connectivity index (χ4n) is 1.73. The summed E-state index contributed by atoms with van der Waals surface area (Å²) < 4.78 is 0. The normalized spacial score (nSPS) is 10.6. The van der Waals surface area contributed by atoms with Crippen molar-refractivity contribution < 1.29 is 9.90 Å². The summed E-state index contributed by atoms with van der Waals surface area (Å²) in [4.78, 5) is 11.3. The van der Waals surface area contributed by atoms with E-state index in [1.165, 1.54) is 0 Å². The second-order valence-corrected chi connectivity index (χ2v) is 3.91. The van der Waals surface area contributed by atoms with Gasteiger partial charge in [-0.05, 0) is 31.0 Å². The molecule has 0 aromatic heterocycles. The molecule has 0 aliphatic heterocycles. The summed E-state index contributed by atoms with van der Waals surface area (Å²) in [5.74, 6) is -0.870. The van der Waals surface area contributed by atoms with Crippen LogP contribution in [0.5, 0.6) is 0 Å². The van der Waals surface area contributed by atoms with E-state index in [0.717, 1.165) is 0 Å². The summed E-state index contributed by atoms with van der Waals surface area (Å²) >= 11 is 0. The summed E-state index contributed by atoms with van der Waals surface area (Å²) in [6, 6.07) is 8.88. The van der Waals surface area contributed by atoms with Crippen molar-refractivity contribution in [3.63, 3.8) is 0 Å². The van der Waals surface area contributed by atoms with Crippen molar-refractivity contribution in [2.45, 2.75) is 32.2 Å². The minimum absolute atomic E-state index is 0.482. The van der Waals surface area contributed by atoms with Crippen LogP contribution in [0.3, 0.4) is 0 Å². The Morgan fingerprint density at radius 3 is 2.59 bits per heavy atom. The molecule has 1 rings (SSSR count). The molecule has 0 aliphatic carbocycles. The third-order valence-electron chi connectivity index (χ3n) is 2.99. The molecular formula is C13H16N2O2. The van der Waals surface area contributed by atoms with Gasteiger partial charge in [0.25, 0.3) is 0 Å². The molecule has 17 heavy (non-hydrogen) atoms. The first-order valence-electron chi connectivity index (χ1n) is 5.59. The van der Waals surface area contributed by atoms with Crippen molar-refractivity contribution in [2.75, 3.05) is 5.32 Å². The molecule has 0 aliphatic rings. The molecule has 90 valence electrons. The minimum atomic E-state index is -0.964. The number of benzene rings is 1. The molecule has 0 saturated heterocycles. The molecule has 1 aromatic carbocycles. The van der Waals surface area contributed by atoms with Crippen LogP contribution in [0.15, 0.2) is 24.3 Å². The van der Waals surface area contributed by atoms with E-state index in [0.29, 0.717) is 24.1 Å². The molecule has 0 saturated carbocycles. The largest absolute Gasteiger partial charge is 0.480 e. The Morgan fingerprint density at radius 2 is 2.12 bits per heavy atom. The first kappa shape index (κ1) is 13.0. The number of rotatable bonds is 5. The Labute approximate surface area is 101 Å². The second kappa shape index (κ2) is 5.35. The fourth-order valence-corrected chi connectivity index (χ4v) is 1.73. The maximum atomic E-state index is 11.3. The van der Waals surface area contributed by atoms with Gasteiger partial charge in [-0.2, -0.15) is 5.26 Å². The van der Waals surface area contributed by atoms with Gasteiger partial charge in [-0.1, -0.05) is 19.9 Å². The number of hydrogen-bond acceptors (Lipinski definition) is 3. The number of aliphatic carboxylic acids is 1. The molecule has 4 heteroatoms. The van der Waals surface area contributed by atoms with E-state index in [-0.39, 0.29) is 0 Å². The Hall–Kier alpha value is -2.02. The maximum Gasteiger partial charge on any atom is 0.329 e. The number of carbonyl (C=O) groups is 1. The predicted octanol–water partition coefficient (Wildman–Crippen LogP) is 2.61. The van der Waals surface area contributed by atoms with Crippen molar-refractivity contribution in [3.8, 4) is 6.07 Å². The lowest BCUT2D eigenvalue weighted by Gasteiger charge is -2.29. The van der Waals surface area contributed by atoms with E-state index in [2.05, 4.69) is 5.32 Å². The number of anilines is 1. The average Bonchev–Trinajstić information content (AvgIpc) is 2.36. The lowest BCUT2D eigenvalue weighted by Crippen LogP contribution is -2.45. The van der Waals surface area contributed by atoms with Gasteiger partial charge in [-0.15, -0.1) is 0 Å². The average molecular weight is 232 g/mol. The third-order valence-corrected chi connectivity index (χ3v) is 2.99. The van der Waals surface area contributed by atoms with Crippen molar-refractivity contribution in [1.82, 2.24) is 0 Å². The second-order valence-electron chi connectivity index (χ2n) is 3.91. The van der Waals surface area contributed by atoms with Crippen LogP contribution >= 0.6 is 0 Å². The Balaban J connectivity index is 3.02. The lowest BCUT2D eigenvalue weighted by molar-refractivity contribution is -0.142. The van der Waals surface area contributed by atoms with Crippen molar-refractivity contribution >= 4 is 11.7 Å². The number of carboxylic acid groups (broad SMARTS) is 1. The molecule has 0 heterocycles. The number of nitrogens with one attached hydrogen (secondary N) is 1. The smallest absolute Gasteiger partial charge is 0.329 e. The zero-order chi connectivity index (χ0) is 12.9. The van der Waals surface area contributed by atoms with Gasteiger partial charge >= 0.3 is 5.97 Å². The van der Waals surface area contributed by atoms with E-state index in [1.54, 1.807) is 24.3 Å². The number of nitrogens with zero attached hydrogens (tertiary/aromatic N) is 1. The van der Waals surface area contributed by atoms with Gasteiger partial charge in [-0.3, -0.25) is 0 Å². The van der Waals surface area contributed by atoms with Crippen LogP contribution in [-0.2, 0) is 4.79 Å². The Bertz CT molecular complexity index is 445. The third kappa shape index (κ3) is 2.76. The summed E-state index contributed by atoms with van der Waals surface area (Å²) in [5.41, 5.74) is 0.213. The van der Waals surface area contributed by atoms with Crippen LogP contribution in [0.1, 0.15) is 32.3 Å². The van der Waals surface area contributed by atoms with Crippen molar-refractivity contribution in [1.29, 1.82) is 5.26 Å². The summed E-state index contributed by atoms with van der Waals surface area (Å²) in [6.07, 6.45) is 0.964. The standard InChI is InChI=1S/C13H16N2O2/c1-3-13(4-2,12(16)17)15-11-7-5-6-10(8-11)9-14/h5-8,15H,3-4H2,1-2H3,(H,16,17). The van der Waals surface area contributed by atoms with Gasteiger partial charge in [-0.25, -0.2) is 4.79 Å². The molecule has 0 atom stereocenters. The predicted molar refractivity (Wildman–Crippen MR) is 65.7 cm³/mol. The molecule has 0 fully saturated rings. The molecule has 2 N–H and O–H groups in total. The summed E-state index contributed by atoms with van der Waals surface area (Å²) in [6.45, 7) is 3.66. The van der Waals surface area contributed by atoms with E-state index in [1.807, 2.05) is 19.9 Å². The van der Waals surface area contributed by atoms with Crippen molar-refractivity contribution in [3.05, 3.63) is 29.8 Å². The van der Waals surface area contributed by atoms with E-state index in [4.69, 9.17) is 5.26 Å². The number of nitriles is 1. The number of hydrogen-bond donors (Lipinski definition) is 2. The van der Waals surface area contributed by atoms with Gasteiger partial charge < -0.3 is 10.4 Å². The zero-order valence-corrected chi connectivity index (χ0v) is 10.0. The van der Waals surface area contributed by atoms with Crippen LogP contribution in [0.25, 0.3) is 0 Å². The Morgan fingerprint density at radius 1 is 1.47 bits per heavy atom. The fraction of sp³-hybridized carbons (Fsp3) is 0.385. The number of carboxylic acids is 1. The highest BCUT2D eigenvalue weighted by Gasteiger charge is 2.34. The van der Waals surface area contributed by atoms with Crippen LogP contribution in [0, 0.1) is 11.3 Å². The van der Waals surface area contributed by atoms with E-state index < -0.39 is 11.5 Å². The summed E-state index contributed by atoms with van der Waals surface area (Å²) in [7, 11) is 0. The first-order chi connectivity index (χ1) is 8.07. The van der Waals surface area contributed by atoms with Gasteiger partial charge in [0.15, 0.2) is 0 Å². The zero-order valence-electron chi connectivity index (χ0n) is 10.0. The van der Waals surface area contributed by atoms with Crippen LogP contribution in [0.4, 0.5) is 5.69 Å². The maximum absolute atomic E-state index is 11.3. The summed E-state index contributed by atoms with van der Waals surface area (Å²) in [5, 5.41) is 21.1. The van der Waals surface area contributed by atoms with Crippen LogP contribution in [0.2, 0.25) is 0 Å². The SMILES string of the molecule is CCC(CC)(Nc1cccc(C#N)c1)C(=O)O. The molecular weight excluding hydrogens is 216 g/mol. The monoisotopic (exact) mass is 232 g/mol. The quantitative estimate of drug-likeness (QED) is 0.818. The van der Waals surface area contributed by atoms with Crippen molar-refractivity contribution in [2.24, 2.45) is 0 Å². The molecule has 0 spiro atoms. The highest BCUT2D eigenvalue weighted by atomic mass is 16.4. The van der Waals surface area contributed by atoms with E-state index in [9.17, 15) is 9.90 Å². The molecule has 0 radical (unpaired) electrons. The molecule has 1 aromatic rings. The molecule has 0 unspecified atom stereocenters. The van der Waals surface area contributed by atoms with Crippen LogP contribution in [-0.4, -0.2) is 16.6 Å². The van der Waals surface area contributed by atoms with Gasteiger partial charge in [0, 0.05) is 5.69 Å². The molecule has 0 amide bonds. The first-order valence-corrected chi connectivity index (χ1v) is 5.59. The van der Waals surface area contributed by atoms with Gasteiger partial charge in [0.2, 0.25) is 0 Å². The van der Waals surface area contributed by atoms with Crippen LogP contribution < -0.4 is 5.32 Å². The topological polar surface area (TPSA) is 73.1 Å². The highest BCUT2D eigenvalue weighted by Crippen LogP contribution is 2.23. The minimum Gasteiger partial charge on any atom is -0.480 e. The lowest BCUT2D eigenvalue weighted by atomic mass is 9.92. The molecule has 0 bridgehead atoms.